The van der Waals surface area contributed by atoms with Crippen molar-refractivity contribution in [2.75, 3.05) is 19.7 Å². The topological polar surface area (TPSA) is 53.3 Å². The first-order valence-electron chi connectivity index (χ1n) is 6.53. The number of aryl methyl sites for hydroxylation is 2. The number of rotatable bonds is 3. The van der Waals surface area contributed by atoms with Gasteiger partial charge < -0.3 is 9.64 Å². The Hall–Kier alpha value is -1.86. The fourth-order valence-electron chi connectivity index (χ4n) is 2.23. The number of benzene rings is 1. The molecule has 0 bridgehead atoms. The van der Waals surface area contributed by atoms with E-state index in [2.05, 4.69) is 12.1 Å². The number of amides is 1. The van der Waals surface area contributed by atoms with Crippen molar-refractivity contribution in [1.82, 2.24) is 4.90 Å². The molecule has 4 nitrogen and oxygen atoms in total. The summed E-state index contributed by atoms with van der Waals surface area (Å²) in [5.74, 6) is 0.102. The maximum atomic E-state index is 12.1. The van der Waals surface area contributed by atoms with Crippen LogP contribution in [0.2, 0.25) is 0 Å². The molecule has 1 fully saturated rings. The van der Waals surface area contributed by atoms with Gasteiger partial charge in [-0.2, -0.15) is 5.26 Å². The normalized spacial score (nSPS) is 18.9. The molecule has 100 valence electrons. The lowest BCUT2D eigenvalue weighted by Gasteiger charge is -2.29. The first-order chi connectivity index (χ1) is 9.19. The van der Waals surface area contributed by atoms with Crippen molar-refractivity contribution in [3.63, 3.8) is 0 Å². The summed E-state index contributed by atoms with van der Waals surface area (Å²) in [6, 6.07) is 10.3. The monoisotopic (exact) mass is 258 g/mol. The Labute approximate surface area is 113 Å². The number of hydrogen-bond acceptors (Lipinski definition) is 3. The zero-order valence-corrected chi connectivity index (χ0v) is 11.1. The fourth-order valence-corrected chi connectivity index (χ4v) is 2.23. The molecule has 1 aliphatic rings. The van der Waals surface area contributed by atoms with Crippen LogP contribution in [0.25, 0.3) is 0 Å². The van der Waals surface area contributed by atoms with E-state index in [0.717, 1.165) is 6.42 Å². The second-order valence-corrected chi connectivity index (χ2v) is 4.82. The van der Waals surface area contributed by atoms with Gasteiger partial charge in [-0.3, -0.25) is 4.79 Å². The van der Waals surface area contributed by atoms with E-state index in [1.54, 1.807) is 4.90 Å². The number of nitriles is 1. The van der Waals surface area contributed by atoms with Gasteiger partial charge >= 0.3 is 0 Å². The van der Waals surface area contributed by atoms with Crippen LogP contribution < -0.4 is 0 Å². The summed E-state index contributed by atoms with van der Waals surface area (Å²) >= 11 is 0. The Kier molecular flexibility index (Phi) is 4.53. The molecule has 0 aromatic heterocycles. The molecule has 0 saturated carbocycles. The summed E-state index contributed by atoms with van der Waals surface area (Å²) in [7, 11) is 0. The number of morpholine rings is 1. The van der Waals surface area contributed by atoms with Crippen molar-refractivity contribution in [1.29, 1.82) is 5.26 Å². The molecular weight excluding hydrogens is 240 g/mol. The van der Waals surface area contributed by atoms with Crippen LogP contribution in [0.3, 0.4) is 0 Å². The SMILES string of the molecule is Cc1cccc(CCC(=O)N2CCOC(C#N)C2)c1. The summed E-state index contributed by atoms with van der Waals surface area (Å²) in [5, 5.41) is 8.82. The van der Waals surface area contributed by atoms with E-state index in [4.69, 9.17) is 10.00 Å². The lowest BCUT2D eigenvalue weighted by molar-refractivity contribution is -0.136. The van der Waals surface area contributed by atoms with Crippen LogP contribution >= 0.6 is 0 Å². The van der Waals surface area contributed by atoms with Gasteiger partial charge in [0.25, 0.3) is 0 Å². The molecule has 0 radical (unpaired) electrons. The Balaban J connectivity index is 1.86. The van der Waals surface area contributed by atoms with Crippen LogP contribution in [0.15, 0.2) is 24.3 Å². The molecule has 1 aromatic carbocycles. The highest BCUT2D eigenvalue weighted by molar-refractivity contribution is 5.76. The quantitative estimate of drug-likeness (QED) is 0.829. The molecule has 19 heavy (non-hydrogen) atoms. The van der Waals surface area contributed by atoms with Gasteiger partial charge in [-0.15, -0.1) is 0 Å². The van der Waals surface area contributed by atoms with E-state index >= 15 is 0 Å². The lowest BCUT2D eigenvalue weighted by Crippen LogP contribution is -2.45. The fraction of sp³-hybridized carbons (Fsp3) is 0.467. The molecule has 1 atom stereocenters. The third-order valence-electron chi connectivity index (χ3n) is 3.27. The Morgan fingerprint density at radius 1 is 1.58 bits per heavy atom. The highest BCUT2D eigenvalue weighted by Gasteiger charge is 2.23. The molecule has 0 aliphatic carbocycles. The molecule has 2 rings (SSSR count). The summed E-state index contributed by atoms with van der Waals surface area (Å²) in [6.45, 7) is 3.48. The number of nitrogens with zero attached hydrogens (tertiary/aromatic N) is 2. The molecule has 1 unspecified atom stereocenters. The lowest BCUT2D eigenvalue weighted by atomic mass is 10.1. The van der Waals surface area contributed by atoms with Gasteiger partial charge in [-0.25, -0.2) is 0 Å². The number of ether oxygens (including phenoxy) is 1. The van der Waals surface area contributed by atoms with Gasteiger partial charge in [0.05, 0.1) is 19.2 Å². The maximum Gasteiger partial charge on any atom is 0.223 e. The van der Waals surface area contributed by atoms with Gasteiger partial charge in [-0.05, 0) is 18.9 Å². The molecule has 0 spiro atoms. The number of carbonyl (C=O) groups excluding carboxylic acids is 1. The minimum absolute atomic E-state index is 0.102. The molecule has 0 N–H and O–H groups in total. The van der Waals surface area contributed by atoms with Crippen molar-refractivity contribution >= 4 is 5.91 Å². The zero-order chi connectivity index (χ0) is 13.7. The predicted molar refractivity (Wildman–Crippen MR) is 71.4 cm³/mol. The third-order valence-corrected chi connectivity index (χ3v) is 3.27. The van der Waals surface area contributed by atoms with Crippen LogP contribution in [0.5, 0.6) is 0 Å². The zero-order valence-electron chi connectivity index (χ0n) is 11.1. The second-order valence-electron chi connectivity index (χ2n) is 4.82. The minimum Gasteiger partial charge on any atom is -0.360 e. The van der Waals surface area contributed by atoms with Gasteiger partial charge in [0.1, 0.15) is 0 Å². The van der Waals surface area contributed by atoms with Crippen molar-refractivity contribution in [3.8, 4) is 6.07 Å². The van der Waals surface area contributed by atoms with Gasteiger partial charge in [0, 0.05) is 13.0 Å². The Morgan fingerprint density at radius 2 is 2.42 bits per heavy atom. The first-order valence-corrected chi connectivity index (χ1v) is 6.53. The summed E-state index contributed by atoms with van der Waals surface area (Å²) in [5.41, 5.74) is 2.39. The molecule has 1 saturated heterocycles. The molecular formula is C15H18N2O2. The number of hydrogen-bond donors (Lipinski definition) is 0. The van der Waals surface area contributed by atoms with Crippen molar-refractivity contribution in [2.24, 2.45) is 0 Å². The maximum absolute atomic E-state index is 12.1. The highest BCUT2D eigenvalue weighted by atomic mass is 16.5. The van der Waals surface area contributed by atoms with Crippen molar-refractivity contribution in [3.05, 3.63) is 35.4 Å². The van der Waals surface area contributed by atoms with Crippen molar-refractivity contribution < 1.29 is 9.53 Å². The average Bonchev–Trinajstić information content (AvgIpc) is 2.45. The molecule has 1 amide bonds. The largest absolute Gasteiger partial charge is 0.360 e. The van der Waals surface area contributed by atoms with Gasteiger partial charge in [0.2, 0.25) is 5.91 Å². The van der Waals surface area contributed by atoms with Crippen LogP contribution in [0, 0.1) is 18.3 Å². The summed E-state index contributed by atoms with van der Waals surface area (Å²) in [4.78, 5) is 13.8. The van der Waals surface area contributed by atoms with E-state index in [1.165, 1.54) is 11.1 Å². The highest BCUT2D eigenvalue weighted by Crippen LogP contribution is 2.10. The van der Waals surface area contributed by atoms with Crippen LogP contribution in [-0.2, 0) is 16.0 Å². The minimum atomic E-state index is -0.475. The third kappa shape index (κ3) is 3.80. The molecule has 4 heteroatoms. The standard InChI is InChI=1S/C15H18N2O2/c1-12-3-2-4-13(9-12)5-6-15(18)17-7-8-19-14(10-16)11-17/h2-4,9,14H,5-8,11H2,1H3. The Morgan fingerprint density at radius 3 is 3.16 bits per heavy atom. The molecule has 1 aromatic rings. The van der Waals surface area contributed by atoms with E-state index in [0.29, 0.717) is 26.1 Å². The average molecular weight is 258 g/mol. The van der Waals surface area contributed by atoms with E-state index in [-0.39, 0.29) is 5.91 Å². The second kappa shape index (κ2) is 6.35. The Bertz CT molecular complexity index is 493. The van der Waals surface area contributed by atoms with E-state index in [9.17, 15) is 4.79 Å². The smallest absolute Gasteiger partial charge is 0.223 e. The molecule has 1 aliphatic heterocycles. The van der Waals surface area contributed by atoms with E-state index in [1.807, 2.05) is 25.1 Å². The van der Waals surface area contributed by atoms with Crippen LogP contribution in [-0.4, -0.2) is 36.6 Å². The van der Waals surface area contributed by atoms with Gasteiger partial charge in [-0.1, -0.05) is 29.8 Å². The van der Waals surface area contributed by atoms with Crippen LogP contribution in [0.4, 0.5) is 0 Å². The molecule has 1 heterocycles. The van der Waals surface area contributed by atoms with Gasteiger partial charge in [0.15, 0.2) is 6.10 Å². The number of carbonyl (C=O) groups is 1. The van der Waals surface area contributed by atoms with E-state index < -0.39 is 6.10 Å². The summed E-state index contributed by atoms with van der Waals surface area (Å²) < 4.78 is 5.23. The van der Waals surface area contributed by atoms with Crippen LogP contribution in [0.1, 0.15) is 17.5 Å². The predicted octanol–water partition coefficient (Wildman–Crippen LogP) is 1.68. The summed E-state index contributed by atoms with van der Waals surface area (Å²) in [6.07, 6.45) is 0.758. The van der Waals surface area contributed by atoms with Crippen molar-refractivity contribution in [2.45, 2.75) is 25.9 Å². The first kappa shape index (κ1) is 13.6.